The smallest absolute Gasteiger partial charge is 0.266 e. The first-order valence-electron chi connectivity index (χ1n) is 9.31. The van der Waals surface area contributed by atoms with E-state index in [2.05, 4.69) is 37.9 Å². The second-order valence-electron chi connectivity index (χ2n) is 6.64. The van der Waals surface area contributed by atoms with Gasteiger partial charge in [0.1, 0.15) is 23.3 Å². The largest absolute Gasteiger partial charge is 0.382 e. The number of para-hydroxylation sites is 1. The maximum absolute atomic E-state index is 13.3. The van der Waals surface area contributed by atoms with Crippen molar-refractivity contribution in [2.24, 2.45) is 0 Å². The number of hydrogen-bond acceptors (Lipinski definition) is 8. The Kier molecular flexibility index (Phi) is 5.68. The minimum absolute atomic E-state index is 0.0112. The Labute approximate surface area is 190 Å². The average Bonchev–Trinajstić information content (AvgIpc) is 2.75. The van der Waals surface area contributed by atoms with E-state index in [9.17, 15) is 10.1 Å². The molecule has 0 aliphatic rings. The van der Waals surface area contributed by atoms with Crippen LogP contribution >= 0.6 is 22.6 Å². The molecule has 0 spiro atoms. The lowest BCUT2D eigenvalue weighted by molar-refractivity contribution is 0.809. The Bertz CT molecular complexity index is 1380. The highest BCUT2D eigenvalue weighted by atomic mass is 127. The zero-order chi connectivity index (χ0) is 22.0. The molecule has 0 unspecified atom stereocenters. The lowest BCUT2D eigenvalue weighted by atomic mass is 10.2. The number of nitrogens with one attached hydrogen (secondary N) is 1. The third kappa shape index (κ3) is 4.13. The van der Waals surface area contributed by atoms with Crippen LogP contribution in [0.1, 0.15) is 11.4 Å². The molecule has 0 atom stereocenters. The van der Waals surface area contributed by atoms with E-state index in [0.717, 1.165) is 9.26 Å². The van der Waals surface area contributed by atoms with Gasteiger partial charge in [0.15, 0.2) is 5.82 Å². The molecule has 2 heterocycles. The molecule has 4 aromatic rings. The molecule has 0 saturated carbocycles. The zero-order valence-corrected chi connectivity index (χ0v) is 18.4. The van der Waals surface area contributed by atoms with Gasteiger partial charge in [-0.1, -0.05) is 18.2 Å². The van der Waals surface area contributed by atoms with Crippen LogP contribution in [0.3, 0.4) is 0 Å². The molecular formula is C21H17IN8O. The molecule has 0 amide bonds. The summed E-state index contributed by atoms with van der Waals surface area (Å²) in [7, 11) is 0. The van der Waals surface area contributed by atoms with Crippen LogP contribution in [0.5, 0.6) is 0 Å². The molecule has 0 aliphatic heterocycles. The number of aromatic nitrogens is 4. The number of rotatable bonds is 5. The number of halogens is 1. The van der Waals surface area contributed by atoms with E-state index in [1.54, 1.807) is 4.57 Å². The van der Waals surface area contributed by atoms with Gasteiger partial charge in [-0.2, -0.15) is 15.2 Å². The summed E-state index contributed by atoms with van der Waals surface area (Å²) in [4.78, 5) is 25.9. The monoisotopic (exact) mass is 524 g/mol. The minimum Gasteiger partial charge on any atom is -0.382 e. The topological polar surface area (TPSA) is 149 Å². The van der Waals surface area contributed by atoms with Crippen molar-refractivity contribution in [1.82, 2.24) is 19.5 Å². The van der Waals surface area contributed by atoms with Crippen molar-refractivity contribution < 1.29 is 0 Å². The van der Waals surface area contributed by atoms with Crippen LogP contribution in [0.15, 0.2) is 53.3 Å². The molecular weight excluding hydrogens is 507 g/mol. The molecule has 0 radical (unpaired) electrons. The van der Waals surface area contributed by atoms with Crippen molar-refractivity contribution in [3.63, 3.8) is 0 Å². The maximum Gasteiger partial charge on any atom is 0.266 e. The number of hydrogen-bond donors (Lipinski definition) is 3. The zero-order valence-electron chi connectivity index (χ0n) is 16.2. The molecule has 0 saturated heterocycles. The first-order valence-corrected chi connectivity index (χ1v) is 10.4. The van der Waals surface area contributed by atoms with Crippen LogP contribution in [-0.2, 0) is 6.42 Å². The van der Waals surface area contributed by atoms with Crippen LogP contribution in [0.2, 0.25) is 0 Å². The molecule has 0 aliphatic carbocycles. The van der Waals surface area contributed by atoms with Gasteiger partial charge >= 0.3 is 0 Å². The fourth-order valence-corrected chi connectivity index (χ4v) is 3.73. The number of nitrogens with two attached hydrogens (primary N) is 2. The van der Waals surface area contributed by atoms with E-state index in [0.29, 0.717) is 29.7 Å². The summed E-state index contributed by atoms with van der Waals surface area (Å²) in [6.45, 7) is 0.347. The van der Waals surface area contributed by atoms with Gasteiger partial charge in [0.2, 0.25) is 5.95 Å². The number of anilines is 3. The van der Waals surface area contributed by atoms with E-state index in [4.69, 9.17) is 16.5 Å². The van der Waals surface area contributed by atoms with E-state index >= 15 is 0 Å². The number of benzene rings is 2. The molecule has 31 heavy (non-hydrogen) atoms. The number of nitriles is 1. The van der Waals surface area contributed by atoms with E-state index in [1.807, 2.05) is 54.6 Å². The predicted octanol–water partition coefficient (Wildman–Crippen LogP) is 2.47. The lowest BCUT2D eigenvalue weighted by Crippen LogP contribution is -2.25. The van der Waals surface area contributed by atoms with Gasteiger partial charge < -0.3 is 16.8 Å². The molecule has 9 nitrogen and oxygen atoms in total. The van der Waals surface area contributed by atoms with Crippen molar-refractivity contribution in [2.45, 2.75) is 6.42 Å². The average molecular weight is 524 g/mol. The van der Waals surface area contributed by atoms with Gasteiger partial charge in [-0.3, -0.25) is 9.36 Å². The summed E-state index contributed by atoms with van der Waals surface area (Å²) in [6.07, 6.45) is 0.390. The summed E-state index contributed by atoms with van der Waals surface area (Å²) in [5, 5.41) is 12.9. The summed E-state index contributed by atoms with van der Waals surface area (Å²) >= 11 is 2.18. The standard InChI is InChI=1S/C21H17IN8O/c22-12-6-7-16-14(10-12)20(31)30(13-4-2-1-3-5-13)17(27-16)8-9-26-19-15(11-23)18(24)28-21(25)29-19/h1-7,10H,8-9H2,(H5,24,25,26,28,29). The van der Waals surface area contributed by atoms with Crippen LogP contribution in [0.25, 0.3) is 16.6 Å². The molecule has 2 aromatic heterocycles. The van der Waals surface area contributed by atoms with Crippen LogP contribution in [-0.4, -0.2) is 26.1 Å². The van der Waals surface area contributed by atoms with Gasteiger partial charge in [-0.05, 0) is 52.9 Å². The van der Waals surface area contributed by atoms with Crippen molar-refractivity contribution >= 4 is 51.1 Å². The van der Waals surface area contributed by atoms with Gasteiger partial charge in [0, 0.05) is 16.5 Å². The van der Waals surface area contributed by atoms with E-state index in [-0.39, 0.29) is 28.7 Å². The maximum atomic E-state index is 13.3. The first kappa shape index (κ1) is 20.5. The molecule has 0 bridgehead atoms. The normalized spacial score (nSPS) is 10.7. The van der Waals surface area contributed by atoms with Crippen LogP contribution < -0.4 is 22.3 Å². The molecule has 0 fully saturated rings. The Hall–Kier alpha value is -3.72. The third-order valence-electron chi connectivity index (χ3n) is 4.62. The van der Waals surface area contributed by atoms with E-state index < -0.39 is 0 Å². The summed E-state index contributed by atoms with van der Waals surface area (Å²) < 4.78 is 2.56. The van der Waals surface area contributed by atoms with Crippen molar-refractivity contribution in [3.8, 4) is 11.8 Å². The number of nitrogen functional groups attached to an aromatic ring is 2. The molecule has 4 rings (SSSR count). The highest BCUT2D eigenvalue weighted by Gasteiger charge is 2.15. The highest BCUT2D eigenvalue weighted by Crippen LogP contribution is 2.19. The number of fused-ring (bicyclic) bond motifs is 1. The van der Waals surface area contributed by atoms with Crippen LogP contribution in [0, 0.1) is 14.9 Å². The fourth-order valence-electron chi connectivity index (χ4n) is 3.24. The van der Waals surface area contributed by atoms with Gasteiger partial charge in [-0.25, -0.2) is 4.98 Å². The highest BCUT2D eigenvalue weighted by molar-refractivity contribution is 14.1. The predicted molar refractivity (Wildman–Crippen MR) is 128 cm³/mol. The second-order valence-corrected chi connectivity index (χ2v) is 7.89. The summed E-state index contributed by atoms with van der Waals surface area (Å²) in [6, 6.07) is 16.9. The fraction of sp³-hybridized carbons (Fsp3) is 0.0952. The Morgan fingerprint density at radius 1 is 1.10 bits per heavy atom. The summed E-state index contributed by atoms with van der Waals surface area (Å²) in [5.41, 5.74) is 12.7. The Morgan fingerprint density at radius 3 is 2.61 bits per heavy atom. The first-order chi connectivity index (χ1) is 15.0. The molecule has 10 heteroatoms. The van der Waals surface area contributed by atoms with Gasteiger partial charge in [-0.15, -0.1) is 0 Å². The molecule has 2 aromatic carbocycles. The quantitative estimate of drug-likeness (QED) is 0.337. The van der Waals surface area contributed by atoms with Crippen molar-refractivity contribution in [3.05, 3.63) is 73.8 Å². The van der Waals surface area contributed by atoms with Crippen molar-refractivity contribution in [2.75, 3.05) is 23.3 Å². The minimum atomic E-state index is -0.141. The van der Waals surface area contributed by atoms with Crippen molar-refractivity contribution in [1.29, 1.82) is 5.26 Å². The molecule has 5 N–H and O–H groups in total. The van der Waals surface area contributed by atoms with Gasteiger partial charge in [0.05, 0.1) is 16.6 Å². The number of nitrogens with zero attached hydrogens (tertiary/aromatic N) is 5. The SMILES string of the molecule is N#Cc1c(N)nc(N)nc1NCCc1nc2ccc(I)cc2c(=O)n1-c1ccccc1. The van der Waals surface area contributed by atoms with Crippen LogP contribution in [0.4, 0.5) is 17.6 Å². The van der Waals surface area contributed by atoms with E-state index in [1.165, 1.54) is 0 Å². The van der Waals surface area contributed by atoms with Gasteiger partial charge in [0.25, 0.3) is 5.56 Å². The Balaban J connectivity index is 1.73. The molecule has 154 valence electrons. The third-order valence-corrected chi connectivity index (χ3v) is 5.29. The summed E-state index contributed by atoms with van der Waals surface area (Å²) in [5.74, 6) is 0.804. The lowest BCUT2D eigenvalue weighted by Gasteiger charge is -2.15. The second kappa shape index (κ2) is 8.57. The Morgan fingerprint density at radius 2 is 1.87 bits per heavy atom.